The molecular formula is CH4O6S. The third kappa shape index (κ3) is 5.79. The first-order chi connectivity index (χ1) is 3.42. The summed E-state index contributed by atoms with van der Waals surface area (Å²) < 4.78 is 29.6. The van der Waals surface area contributed by atoms with Gasteiger partial charge in [-0.15, -0.1) is 0 Å². The minimum atomic E-state index is -4.72. The molecule has 0 atom stereocenters. The molecule has 0 aromatic rings. The molecule has 0 aromatic carbocycles. The van der Waals surface area contributed by atoms with E-state index in [1.165, 1.54) is 0 Å². The minimum Gasteiger partial charge on any atom is -0.345 e. The maximum absolute atomic E-state index is 9.46. The highest BCUT2D eigenvalue weighted by molar-refractivity contribution is 7.80. The maximum atomic E-state index is 9.46. The zero-order chi connectivity index (χ0) is 6.78. The number of hydrogen-bond donors (Lipinski definition) is 3. The fraction of sp³-hybridized carbons (Fsp3) is 1.00. The van der Waals surface area contributed by atoms with Crippen molar-refractivity contribution in [1.29, 1.82) is 0 Å². The lowest BCUT2D eigenvalue weighted by molar-refractivity contribution is -0.179. The van der Waals surface area contributed by atoms with Crippen LogP contribution in [-0.2, 0) is 14.6 Å². The maximum Gasteiger partial charge on any atom is 0.401 e. The predicted molar refractivity (Wildman–Crippen MR) is 20.9 cm³/mol. The van der Waals surface area contributed by atoms with Crippen molar-refractivity contribution in [3.05, 3.63) is 0 Å². The summed E-state index contributed by atoms with van der Waals surface area (Å²) in [5.74, 6) is 0. The quantitative estimate of drug-likeness (QED) is 0.308. The fourth-order valence-corrected chi connectivity index (χ4v) is 0.326. The van der Waals surface area contributed by atoms with Crippen molar-refractivity contribution in [3.8, 4) is 0 Å². The van der Waals surface area contributed by atoms with Crippen LogP contribution in [0.3, 0.4) is 0 Å². The largest absolute Gasteiger partial charge is 0.401 e. The van der Waals surface area contributed by atoms with Crippen LogP contribution in [0.25, 0.3) is 0 Å². The molecule has 0 saturated carbocycles. The van der Waals surface area contributed by atoms with Crippen molar-refractivity contribution in [3.63, 3.8) is 0 Å². The van der Waals surface area contributed by atoms with Crippen LogP contribution in [0, 0.1) is 0 Å². The monoisotopic (exact) mass is 144 g/mol. The van der Waals surface area contributed by atoms with Gasteiger partial charge >= 0.3 is 10.4 Å². The molecule has 0 heterocycles. The average molecular weight is 144 g/mol. The first kappa shape index (κ1) is 7.79. The van der Waals surface area contributed by atoms with Gasteiger partial charge in [-0.05, 0) is 0 Å². The van der Waals surface area contributed by atoms with Crippen LogP contribution >= 0.6 is 0 Å². The zero-order valence-corrected chi connectivity index (χ0v) is 4.37. The summed E-state index contributed by atoms with van der Waals surface area (Å²) in [5, 5.41) is 15.4. The summed E-state index contributed by atoms with van der Waals surface area (Å²) in [6.45, 7) is -2.50. The molecule has 0 radical (unpaired) electrons. The molecule has 0 amide bonds. The van der Waals surface area contributed by atoms with Gasteiger partial charge in [0.1, 0.15) is 0 Å². The number of aliphatic hydroxyl groups is 2. The molecule has 0 aliphatic rings. The van der Waals surface area contributed by atoms with E-state index in [1.807, 2.05) is 0 Å². The van der Waals surface area contributed by atoms with Gasteiger partial charge in [-0.2, -0.15) is 12.6 Å². The smallest absolute Gasteiger partial charge is 0.345 e. The lowest BCUT2D eigenvalue weighted by Gasteiger charge is -1.97. The Morgan fingerprint density at radius 1 is 1.38 bits per heavy atom. The van der Waals surface area contributed by atoms with Crippen LogP contribution in [0.1, 0.15) is 0 Å². The lowest BCUT2D eigenvalue weighted by atomic mass is 11.4. The van der Waals surface area contributed by atoms with Crippen molar-refractivity contribution in [2.45, 2.75) is 6.48 Å². The fourth-order valence-electron chi connectivity index (χ4n) is 0.109. The van der Waals surface area contributed by atoms with Crippen molar-refractivity contribution < 1.29 is 27.4 Å². The Bertz CT molecular complexity index is 142. The first-order valence-corrected chi connectivity index (χ1v) is 2.80. The van der Waals surface area contributed by atoms with E-state index in [1.54, 1.807) is 0 Å². The molecule has 8 heavy (non-hydrogen) atoms. The molecular weight excluding hydrogens is 140 g/mol. The highest BCUT2D eigenvalue weighted by atomic mass is 32.3. The Kier molecular flexibility index (Phi) is 2.31. The van der Waals surface area contributed by atoms with E-state index in [-0.39, 0.29) is 0 Å². The molecule has 6 nitrogen and oxygen atoms in total. The Morgan fingerprint density at radius 2 is 1.75 bits per heavy atom. The molecule has 7 heteroatoms. The standard InChI is InChI=1S/CH4O6S/c2-1(3)7-8(4,5)6/h1-3H,(H,4,5,6). The van der Waals surface area contributed by atoms with Gasteiger partial charge in [-0.1, -0.05) is 0 Å². The Morgan fingerprint density at radius 3 is 1.75 bits per heavy atom. The highest BCUT2D eigenvalue weighted by Gasteiger charge is 2.08. The van der Waals surface area contributed by atoms with Crippen LogP contribution < -0.4 is 0 Å². The third-order valence-corrected chi connectivity index (χ3v) is 0.623. The number of rotatable bonds is 2. The van der Waals surface area contributed by atoms with E-state index in [9.17, 15) is 8.42 Å². The Labute approximate surface area is 45.3 Å². The van der Waals surface area contributed by atoms with E-state index in [2.05, 4.69) is 4.18 Å². The van der Waals surface area contributed by atoms with Gasteiger partial charge in [0.05, 0.1) is 0 Å². The van der Waals surface area contributed by atoms with Crippen molar-refractivity contribution in [1.82, 2.24) is 0 Å². The molecule has 50 valence electrons. The molecule has 0 spiro atoms. The minimum absolute atomic E-state index is 2.50. The zero-order valence-electron chi connectivity index (χ0n) is 3.55. The molecule has 0 aliphatic heterocycles. The van der Waals surface area contributed by atoms with Gasteiger partial charge in [0.2, 0.25) is 0 Å². The second-order valence-corrected chi connectivity index (χ2v) is 1.90. The molecule has 0 rings (SSSR count). The van der Waals surface area contributed by atoms with Crippen LogP contribution in [0.4, 0.5) is 0 Å². The summed E-state index contributed by atoms with van der Waals surface area (Å²) in [6, 6.07) is 0. The van der Waals surface area contributed by atoms with Gasteiger partial charge in [0, 0.05) is 0 Å². The number of hydrogen-bond acceptors (Lipinski definition) is 5. The molecule has 0 aliphatic carbocycles. The average Bonchev–Trinajstić information content (AvgIpc) is 1.21. The summed E-state index contributed by atoms with van der Waals surface area (Å²) in [7, 11) is -4.72. The normalized spacial score (nSPS) is 12.5. The third-order valence-electron chi connectivity index (χ3n) is 0.208. The topological polar surface area (TPSA) is 104 Å². The molecule has 3 N–H and O–H groups in total. The first-order valence-electron chi connectivity index (χ1n) is 1.43. The van der Waals surface area contributed by atoms with E-state index in [4.69, 9.17) is 14.8 Å². The van der Waals surface area contributed by atoms with Gasteiger partial charge in [-0.25, -0.2) is 0 Å². The Hall–Kier alpha value is -0.210. The van der Waals surface area contributed by atoms with Gasteiger partial charge in [0.15, 0.2) is 0 Å². The van der Waals surface area contributed by atoms with Crippen LogP contribution in [0.2, 0.25) is 0 Å². The van der Waals surface area contributed by atoms with Crippen molar-refractivity contribution in [2.24, 2.45) is 0 Å². The molecule has 0 bridgehead atoms. The van der Waals surface area contributed by atoms with E-state index in [0.717, 1.165) is 0 Å². The van der Waals surface area contributed by atoms with Crippen LogP contribution in [-0.4, -0.2) is 29.7 Å². The molecule has 0 aromatic heterocycles. The summed E-state index contributed by atoms with van der Waals surface area (Å²) in [6.07, 6.45) is 0. The number of aliphatic hydroxyl groups excluding tert-OH is 1. The van der Waals surface area contributed by atoms with Crippen LogP contribution in [0.5, 0.6) is 0 Å². The molecule has 0 unspecified atom stereocenters. The molecule has 0 saturated heterocycles. The van der Waals surface area contributed by atoms with E-state index < -0.39 is 16.9 Å². The lowest BCUT2D eigenvalue weighted by Crippen LogP contribution is -2.15. The van der Waals surface area contributed by atoms with Crippen molar-refractivity contribution >= 4 is 10.4 Å². The summed E-state index contributed by atoms with van der Waals surface area (Å²) in [5.41, 5.74) is 0. The summed E-state index contributed by atoms with van der Waals surface area (Å²) >= 11 is 0. The van der Waals surface area contributed by atoms with Gasteiger partial charge in [0.25, 0.3) is 6.48 Å². The van der Waals surface area contributed by atoms with Crippen molar-refractivity contribution in [2.75, 3.05) is 0 Å². The van der Waals surface area contributed by atoms with Gasteiger partial charge < -0.3 is 10.2 Å². The predicted octanol–water partition coefficient (Wildman–Crippen LogP) is -1.93. The highest BCUT2D eigenvalue weighted by Crippen LogP contribution is 1.87. The van der Waals surface area contributed by atoms with Crippen LogP contribution in [0.15, 0.2) is 0 Å². The van der Waals surface area contributed by atoms with E-state index in [0.29, 0.717) is 0 Å². The Balaban J connectivity index is 3.75. The second-order valence-electron chi connectivity index (χ2n) is 0.850. The summed E-state index contributed by atoms with van der Waals surface area (Å²) in [4.78, 5) is 0. The van der Waals surface area contributed by atoms with Gasteiger partial charge in [-0.3, -0.25) is 4.55 Å². The second kappa shape index (κ2) is 2.37. The SMILES string of the molecule is O=S(=O)(O)OC(O)O. The van der Waals surface area contributed by atoms with E-state index >= 15 is 0 Å². The molecule has 0 fully saturated rings.